The molecule has 0 radical (unpaired) electrons. The van der Waals surface area contributed by atoms with Gasteiger partial charge in [-0.15, -0.1) is 0 Å². The molecule has 0 saturated carbocycles. The third kappa shape index (κ3) is 3.16. The van der Waals surface area contributed by atoms with Crippen LogP contribution in [-0.2, 0) is 0 Å². The molecule has 1 amide bonds. The molecule has 1 unspecified atom stereocenters. The van der Waals surface area contributed by atoms with Gasteiger partial charge in [-0.05, 0) is 49.7 Å². The molecular weight excluding hydrogens is 300 g/mol. The van der Waals surface area contributed by atoms with Crippen LogP contribution in [0.1, 0.15) is 23.1 Å². The van der Waals surface area contributed by atoms with E-state index in [0.29, 0.717) is 18.7 Å². The summed E-state index contributed by atoms with van der Waals surface area (Å²) in [5.41, 5.74) is 9.07. The van der Waals surface area contributed by atoms with Crippen molar-refractivity contribution in [3.63, 3.8) is 0 Å². The van der Waals surface area contributed by atoms with Crippen molar-refractivity contribution in [3.05, 3.63) is 59.9 Å². The zero-order chi connectivity index (χ0) is 17.1. The maximum absolute atomic E-state index is 12.3. The van der Waals surface area contributed by atoms with Crippen molar-refractivity contribution in [2.45, 2.75) is 13.8 Å². The lowest BCUT2D eigenvalue weighted by Gasteiger charge is -2.10. The van der Waals surface area contributed by atoms with Crippen LogP contribution >= 0.6 is 0 Å². The summed E-state index contributed by atoms with van der Waals surface area (Å²) in [6.07, 6.45) is 0. The first-order chi connectivity index (χ1) is 11.6. The van der Waals surface area contributed by atoms with Gasteiger partial charge in [-0.3, -0.25) is 9.36 Å². The Morgan fingerprint density at radius 3 is 2.71 bits per heavy atom. The number of nitrogens with two attached hydrogens (primary N) is 1. The van der Waals surface area contributed by atoms with E-state index in [1.165, 1.54) is 0 Å². The monoisotopic (exact) mass is 322 g/mol. The Hall–Kier alpha value is -2.66. The highest BCUT2D eigenvalue weighted by atomic mass is 16.1. The van der Waals surface area contributed by atoms with Gasteiger partial charge in [-0.2, -0.15) is 0 Å². The van der Waals surface area contributed by atoms with Gasteiger partial charge in [0.2, 0.25) is 0 Å². The van der Waals surface area contributed by atoms with E-state index in [9.17, 15) is 4.79 Å². The lowest BCUT2D eigenvalue weighted by atomic mass is 10.1. The molecule has 3 rings (SSSR count). The highest BCUT2D eigenvalue weighted by molar-refractivity contribution is 5.97. The fourth-order valence-electron chi connectivity index (χ4n) is 2.70. The van der Waals surface area contributed by atoms with Crippen LogP contribution in [0.2, 0.25) is 0 Å². The Kier molecular flexibility index (Phi) is 4.62. The second-order valence-corrected chi connectivity index (χ2v) is 6.08. The van der Waals surface area contributed by atoms with E-state index in [4.69, 9.17) is 5.73 Å². The molecule has 24 heavy (non-hydrogen) atoms. The summed E-state index contributed by atoms with van der Waals surface area (Å²) in [4.78, 5) is 16.9. The molecule has 0 aliphatic rings. The molecule has 5 nitrogen and oxygen atoms in total. The number of fused-ring (bicyclic) bond motifs is 1. The number of carbonyl (C=O) groups is 1. The zero-order valence-corrected chi connectivity index (χ0v) is 14.0. The van der Waals surface area contributed by atoms with Crippen LogP contribution in [0.5, 0.6) is 0 Å². The molecule has 0 saturated heterocycles. The first-order valence-electron chi connectivity index (χ1n) is 8.13. The number of hydrogen-bond donors (Lipinski definition) is 2. The van der Waals surface area contributed by atoms with E-state index in [-0.39, 0.29) is 11.8 Å². The number of rotatable bonds is 5. The van der Waals surface area contributed by atoms with Crippen molar-refractivity contribution < 1.29 is 4.79 Å². The predicted molar refractivity (Wildman–Crippen MR) is 96.4 cm³/mol. The summed E-state index contributed by atoms with van der Waals surface area (Å²) in [6.45, 7) is 5.11. The molecule has 1 heterocycles. The first-order valence-corrected chi connectivity index (χ1v) is 8.13. The van der Waals surface area contributed by atoms with Gasteiger partial charge in [0.1, 0.15) is 5.82 Å². The maximum atomic E-state index is 12.3. The summed E-state index contributed by atoms with van der Waals surface area (Å²) < 4.78 is 2.09. The van der Waals surface area contributed by atoms with E-state index in [2.05, 4.69) is 14.9 Å². The third-order valence-electron chi connectivity index (χ3n) is 4.11. The fourth-order valence-corrected chi connectivity index (χ4v) is 2.70. The molecule has 5 heteroatoms. The maximum Gasteiger partial charge on any atom is 0.251 e. The molecule has 0 bridgehead atoms. The molecule has 0 aliphatic heterocycles. The highest BCUT2D eigenvalue weighted by Gasteiger charge is 2.13. The van der Waals surface area contributed by atoms with Crippen LogP contribution in [0.15, 0.2) is 48.5 Å². The predicted octanol–water partition coefficient (Wildman–Crippen LogP) is 2.66. The Morgan fingerprint density at radius 2 is 2.00 bits per heavy atom. The smallest absolute Gasteiger partial charge is 0.251 e. The van der Waals surface area contributed by atoms with Gasteiger partial charge >= 0.3 is 0 Å². The Balaban J connectivity index is 1.92. The quantitative estimate of drug-likeness (QED) is 0.758. The van der Waals surface area contributed by atoms with Crippen molar-refractivity contribution in [2.75, 3.05) is 13.1 Å². The topological polar surface area (TPSA) is 72.9 Å². The SMILES string of the molecule is Cc1nc2cc(C(=O)NCC(C)CN)ccc2n1-c1ccccc1. The summed E-state index contributed by atoms with van der Waals surface area (Å²) in [6, 6.07) is 15.7. The summed E-state index contributed by atoms with van der Waals surface area (Å²) >= 11 is 0. The Bertz CT molecular complexity index is 854. The van der Waals surface area contributed by atoms with Crippen LogP contribution in [0.25, 0.3) is 16.7 Å². The van der Waals surface area contributed by atoms with Crippen molar-refractivity contribution >= 4 is 16.9 Å². The lowest BCUT2D eigenvalue weighted by molar-refractivity contribution is 0.0948. The average molecular weight is 322 g/mol. The fraction of sp³-hybridized carbons (Fsp3) is 0.263. The van der Waals surface area contributed by atoms with E-state index >= 15 is 0 Å². The third-order valence-corrected chi connectivity index (χ3v) is 4.11. The normalized spacial score (nSPS) is 12.3. The van der Waals surface area contributed by atoms with Crippen LogP contribution in [0.4, 0.5) is 0 Å². The van der Waals surface area contributed by atoms with Gasteiger partial charge in [0, 0.05) is 17.8 Å². The average Bonchev–Trinajstić information content (AvgIpc) is 2.94. The minimum atomic E-state index is -0.0934. The molecule has 1 aromatic heterocycles. The molecule has 1 atom stereocenters. The van der Waals surface area contributed by atoms with Crippen molar-refractivity contribution in [1.29, 1.82) is 0 Å². The van der Waals surface area contributed by atoms with E-state index in [0.717, 1.165) is 22.5 Å². The molecule has 3 aromatic rings. The number of benzene rings is 2. The number of nitrogens with zero attached hydrogens (tertiary/aromatic N) is 2. The number of hydrogen-bond acceptors (Lipinski definition) is 3. The van der Waals surface area contributed by atoms with Gasteiger partial charge in [-0.1, -0.05) is 25.1 Å². The summed E-state index contributed by atoms with van der Waals surface area (Å²) in [7, 11) is 0. The Morgan fingerprint density at radius 1 is 1.25 bits per heavy atom. The largest absolute Gasteiger partial charge is 0.352 e. The van der Waals surface area contributed by atoms with Crippen LogP contribution in [0, 0.1) is 12.8 Å². The molecule has 0 spiro atoms. The van der Waals surface area contributed by atoms with Crippen LogP contribution in [0.3, 0.4) is 0 Å². The van der Waals surface area contributed by atoms with Gasteiger partial charge < -0.3 is 11.1 Å². The van der Waals surface area contributed by atoms with Crippen molar-refractivity contribution in [2.24, 2.45) is 11.7 Å². The Labute approximate surface area is 141 Å². The number of para-hydroxylation sites is 1. The summed E-state index contributed by atoms with van der Waals surface area (Å²) in [5, 5.41) is 2.91. The van der Waals surface area contributed by atoms with Gasteiger partial charge in [0.05, 0.1) is 11.0 Å². The summed E-state index contributed by atoms with van der Waals surface area (Å²) in [5.74, 6) is 1.06. The standard InChI is InChI=1S/C19H22N4O/c1-13(11-20)12-21-19(24)15-8-9-18-17(10-15)22-14(2)23(18)16-6-4-3-5-7-16/h3-10,13H,11-12,20H2,1-2H3,(H,21,24). The van der Waals surface area contributed by atoms with Crippen LogP contribution < -0.4 is 11.1 Å². The number of aromatic nitrogens is 2. The molecule has 2 aromatic carbocycles. The van der Waals surface area contributed by atoms with Gasteiger partial charge in [0.25, 0.3) is 5.91 Å². The van der Waals surface area contributed by atoms with E-state index < -0.39 is 0 Å². The van der Waals surface area contributed by atoms with Crippen LogP contribution in [-0.4, -0.2) is 28.5 Å². The minimum absolute atomic E-state index is 0.0934. The number of imidazole rings is 1. The van der Waals surface area contributed by atoms with E-state index in [1.807, 2.05) is 62.4 Å². The molecule has 124 valence electrons. The van der Waals surface area contributed by atoms with Crippen molar-refractivity contribution in [1.82, 2.24) is 14.9 Å². The zero-order valence-electron chi connectivity index (χ0n) is 14.0. The lowest BCUT2D eigenvalue weighted by Crippen LogP contribution is -2.31. The van der Waals surface area contributed by atoms with Crippen molar-refractivity contribution in [3.8, 4) is 5.69 Å². The number of carbonyl (C=O) groups excluding carboxylic acids is 1. The second-order valence-electron chi connectivity index (χ2n) is 6.08. The first kappa shape index (κ1) is 16.2. The number of amides is 1. The molecule has 3 N–H and O–H groups in total. The molecule has 0 aliphatic carbocycles. The second kappa shape index (κ2) is 6.84. The number of nitrogens with one attached hydrogen (secondary N) is 1. The molecule has 0 fully saturated rings. The van der Waals surface area contributed by atoms with Gasteiger partial charge in [0.15, 0.2) is 0 Å². The molecular formula is C19H22N4O. The van der Waals surface area contributed by atoms with E-state index in [1.54, 1.807) is 0 Å². The highest BCUT2D eigenvalue weighted by Crippen LogP contribution is 2.22. The number of aryl methyl sites for hydroxylation is 1. The minimum Gasteiger partial charge on any atom is -0.352 e. The van der Waals surface area contributed by atoms with Gasteiger partial charge in [-0.25, -0.2) is 4.98 Å².